The summed E-state index contributed by atoms with van der Waals surface area (Å²) in [5, 5.41) is 11.2. The summed E-state index contributed by atoms with van der Waals surface area (Å²) in [5.74, 6) is 0.828. The second kappa shape index (κ2) is 7.96. The van der Waals surface area contributed by atoms with Crippen molar-refractivity contribution in [1.82, 2.24) is 20.4 Å². The summed E-state index contributed by atoms with van der Waals surface area (Å²) < 4.78 is 3.25. The maximum absolute atomic E-state index is 4.44. The van der Waals surface area contributed by atoms with E-state index in [1.165, 1.54) is 19.0 Å². The number of nitrogens with zero attached hydrogens (tertiary/aromatic N) is 3. The van der Waals surface area contributed by atoms with Crippen molar-refractivity contribution in [2.45, 2.75) is 26.8 Å². The van der Waals surface area contributed by atoms with Gasteiger partial charge in [-0.05, 0) is 55.0 Å². The number of rotatable bonds is 5. The van der Waals surface area contributed by atoms with Crippen molar-refractivity contribution in [3.63, 3.8) is 0 Å². The van der Waals surface area contributed by atoms with E-state index in [0.29, 0.717) is 0 Å². The Labute approximate surface area is 149 Å². The van der Waals surface area contributed by atoms with Gasteiger partial charge in [0.05, 0.1) is 8.58 Å². The zero-order valence-corrected chi connectivity index (χ0v) is 16.4. The lowest BCUT2D eigenvalue weighted by atomic mass is 10.2. The molecule has 0 amide bonds. The van der Waals surface area contributed by atoms with Gasteiger partial charge in [0.15, 0.2) is 5.96 Å². The van der Waals surface area contributed by atoms with Gasteiger partial charge in [0, 0.05) is 43.3 Å². The molecular formula is C15H22IN5S. The molecule has 0 spiro atoms. The third-order valence-electron chi connectivity index (χ3n) is 3.61. The van der Waals surface area contributed by atoms with E-state index in [1.54, 1.807) is 7.05 Å². The molecule has 0 aromatic carbocycles. The van der Waals surface area contributed by atoms with Crippen molar-refractivity contribution in [3.05, 3.63) is 36.8 Å². The summed E-state index contributed by atoms with van der Waals surface area (Å²) in [5.41, 5.74) is 3.49. The number of hydrogen-bond donors (Lipinski definition) is 2. The lowest BCUT2D eigenvalue weighted by Crippen LogP contribution is -2.38. The largest absolute Gasteiger partial charge is 0.356 e. The summed E-state index contributed by atoms with van der Waals surface area (Å²) in [6.07, 6.45) is 1.01. The monoisotopic (exact) mass is 431 g/mol. The maximum atomic E-state index is 4.44. The van der Waals surface area contributed by atoms with E-state index < -0.39 is 0 Å². The van der Waals surface area contributed by atoms with Crippen molar-refractivity contribution < 1.29 is 0 Å². The molecule has 2 heterocycles. The van der Waals surface area contributed by atoms with E-state index in [2.05, 4.69) is 62.4 Å². The first-order chi connectivity index (χ1) is 10.5. The fourth-order valence-electron chi connectivity index (χ4n) is 2.26. The van der Waals surface area contributed by atoms with Crippen LogP contribution in [0.4, 0.5) is 0 Å². The number of guanidine groups is 1. The summed E-state index contributed by atoms with van der Waals surface area (Å²) in [6, 6.07) is 4.34. The van der Waals surface area contributed by atoms with Crippen LogP contribution in [-0.2, 0) is 20.0 Å². The molecule has 2 aromatic heterocycles. The molecule has 22 heavy (non-hydrogen) atoms. The molecule has 0 bridgehead atoms. The van der Waals surface area contributed by atoms with Crippen LogP contribution in [0, 0.1) is 16.7 Å². The zero-order valence-electron chi connectivity index (χ0n) is 13.4. The molecule has 0 aliphatic heterocycles. The summed E-state index contributed by atoms with van der Waals surface area (Å²) >= 11 is 4.19. The molecule has 0 saturated carbocycles. The van der Waals surface area contributed by atoms with Gasteiger partial charge in [-0.15, -0.1) is 11.3 Å². The van der Waals surface area contributed by atoms with Crippen LogP contribution < -0.4 is 10.6 Å². The topological polar surface area (TPSA) is 54.2 Å². The summed E-state index contributed by atoms with van der Waals surface area (Å²) in [6.45, 7) is 5.74. The minimum Gasteiger partial charge on any atom is -0.356 e. The molecular weight excluding hydrogens is 409 g/mol. The van der Waals surface area contributed by atoms with Crippen LogP contribution in [0.15, 0.2) is 17.1 Å². The highest BCUT2D eigenvalue weighted by Crippen LogP contribution is 2.18. The quantitative estimate of drug-likeness (QED) is 0.435. The second-order valence-electron chi connectivity index (χ2n) is 5.08. The molecule has 0 unspecified atom stereocenters. The lowest BCUT2D eigenvalue weighted by Gasteiger charge is -2.11. The molecule has 120 valence electrons. The second-order valence-corrected chi connectivity index (χ2v) is 8.14. The van der Waals surface area contributed by atoms with E-state index in [1.807, 2.05) is 30.0 Å². The minimum atomic E-state index is 0.738. The van der Waals surface area contributed by atoms with Gasteiger partial charge >= 0.3 is 0 Å². The first-order valence-electron chi connectivity index (χ1n) is 7.19. The van der Waals surface area contributed by atoms with Crippen molar-refractivity contribution in [2.75, 3.05) is 13.6 Å². The van der Waals surface area contributed by atoms with Gasteiger partial charge in [-0.3, -0.25) is 9.67 Å². The van der Waals surface area contributed by atoms with Gasteiger partial charge in [-0.1, -0.05) is 0 Å². The van der Waals surface area contributed by atoms with Crippen LogP contribution in [0.5, 0.6) is 0 Å². The number of aliphatic imine (C=N–C) groups is 1. The van der Waals surface area contributed by atoms with Gasteiger partial charge < -0.3 is 10.6 Å². The molecule has 0 aliphatic rings. The highest BCUT2D eigenvalue weighted by Gasteiger charge is 2.09. The van der Waals surface area contributed by atoms with E-state index in [-0.39, 0.29) is 0 Å². The molecule has 2 aromatic rings. The van der Waals surface area contributed by atoms with Crippen LogP contribution in [0.1, 0.15) is 21.8 Å². The van der Waals surface area contributed by atoms with E-state index in [9.17, 15) is 0 Å². The van der Waals surface area contributed by atoms with Crippen molar-refractivity contribution >= 4 is 39.9 Å². The number of halogens is 1. The third-order valence-corrected chi connectivity index (χ3v) is 5.56. The Morgan fingerprint density at radius 2 is 2.14 bits per heavy atom. The molecule has 2 rings (SSSR count). The Bertz CT molecular complexity index is 659. The van der Waals surface area contributed by atoms with Crippen LogP contribution in [0.2, 0.25) is 0 Å². The van der Waals surface area contributed by atoms with Crippen LogP contribution in [-0.4, -0.2) is 29.3 Å². The highest BCUT2D eigenvalue weighted by atomic mass is 127. The van der Waals surface area contributed by atoms with Gasteiger partial charge in [-0.2, -0.15) is 5.10 Å². The average Bonchev–Trinajstić information content (AvgIpc) is 2.99. The third kappa shape index (κ3) is 4.45. The Hall–Kier alpha value is -1.09. The normalized spacial score (nSPS) is 11.8. The molecule has 0 saturated heterocycles. The zero-order chi connectivity index (χ0) is 16.1. The molecule has 0 aliphatic carbocycles. The van der Waals surface area contributed by atoms with Crippen molar-refractivity contribution in [1.29, 1.82) is 0 Å². The Kier molecular flexibility index (Phi) is 6.25. The van der Waals surface area contributed by atoms with E-state index in [4.69, 9.17) is 0 Å². The van der Waals surface area contributed by atoms with Crippen molar-refractivity contribution in [2.24, 2.45) is 12.0 Å². The Morgan fingerprint density at radius 3 is 2.68 bits per heavy atom. The smallest absolute Gasteiger partial charge is 0.191 e. The Balaban J connectivity index is 1.82. The van der Waals surface area contributed by atoms with Gasteiger partial charge in [0.2, 0.25) is 0 Å². The highest BCUT2D eigenvalue weighted by molar-refractivity contribution is 14.1. The SMILES string of the molecule is CN=C(NCCc1ccc(I)s1)NCc1c(C)nn(C)c1C. The number of nitrogens with one attached hydrogen (secondary N) is 2. The molecule has 5 nitrogen and oxygen atoms in total. The first kappa shape index (κ1) is 17.3. The average molecular weight is 431 g/mol. The molecule has 2 N–H and O–H groups in total. The van der Waals surface area contributed by atoms with E-state index in [0.717, 1.165) is 31.2 Å². The number of aromatic nitrogens is 2. The maximum Gasteiger partial charge on any atom is 0.191 e. The number of aryl methyl sites for hydroxylation is 2. The Morgan fingerprint density at radius 1 is 1.36 bits per heavy atom. The fraction of sp³-hybridized carbons (Fsp3) is 0.467. The predicted octanol–water partition coefficient (Wildman–Crippen LogP) is 2.61. The minimum absolute atomic E-state index is 0.738. The lowest BCUT2D eigenvalue weighted by molar-refractivity contribution is 0.728. The van der Waals surface area contributed by atoms with Crippen molar-refractivity contribution in [3.8, 4) is 0 Å². The van der Waals surface area contributed by atoms with E-state index >= 15 is 0 Å². The van der Waals surface area contributed by atoms with Gasteiger partial charge in [0.1, 0.15) is 0 Å². The van der Waals surface area contributed by atoms with Crippen LogP contribution in [0.25, 0.3) is 0 Å². The van der Waals surface area contributed by atoms with Crippen LogP contribution >= 0.6 is 33.9 Å². The molecule has 0 fully saturated rings. The number of thiophene rings is 1. The first-order valence-corrected chi connectivity index (χ1v) is 9.08. The van der Waals surface area contributed by atoms with Gasteiger partial charge in [0.25, 0.3) is 0 Å². The standard InChI is InChI=1S/C15H22IN5S/c1-10-13(11(2)21(4)20-10)9-19-15(17-3)18-8-7-12-5-6-14(16)22-12/h5-6H,7-9H2,1-4H3,(H2,17,18,19). The van der Waals surface area contributed by atoms with Crippen LogP contribution in [0.3, 0.4) is 0 Å². The van der Waals surface area contributed by atoms with Gasteiger partial charge in [-0.25, -0.2) is 0 Å². The summed E-state index contributed by atoms with van der Waals surface area (Å²) in [4.78, 5) is 5.67. The molecule has 0 atom stereocenters. The number of hydrogen-bond acceptors (Lipinski definition) is 3. The molecule has 0 radical (unpaired) electrons. The predicted molar refractivity (Wildman–Crippen MR) is 102 cm³/mol. The summed E-state index contributed by atoms with van der Waals surface area (Å²) in [7, 11) is 3.77. The molecule has 7 heteroatoms. The fourth-order valence-corrected chi connectivity index (χ4v) is 4.01.